The van der Waals surface area contributed by atoms with Crippen LogP contribution in [0.3, 0.4) is 0 Å². The van der Waals surface area contributed by atoms with Crippen LogP contribution in [0.2, 0.25) is 0 Å². The highest BCUT2D eigenvalue weighted by molar-refractivity contribution is 5.46. The summed E-state index contributed by atoms with van der Waals surface area (Å²) in [5.41, 5.74) is 1.16. The zero-order valence-corrected chi connectivity index (χ0v) is 11.8. The quantitative estimate of drug-likeness (QED) is 0.846. The highest BCUT2D eigenvalue weighted by Crippen LogP contribution is 2.14. The van der Waals surface area contributed by atoms with Gasteiger partial charge in [-0.15, -0.1) is 0 Å². The van der Waals surface area contributed by atoms with E-state index in [-0.39, 0.29) is 0 Å². The number of pyridine rings is 1. The van der Waals surface area contributed by atoms with Crippen LogP contribution in [-0.4, -0.2) is 34.2 Å². The Morgan fingerprint density at radius 2 is 1.95 bits per heavy atom. The number of aromatic nitrogens is 3. The smallest absolute Gasteiger partial charge is 0.131 e. The first-order chi connectivity index (χ1) is 10.4. The molecule has 2 aromatic heterocycles. The van der Waals surface area contributed by atoms with Gasteiger partial charge in [0.25, 0.3) is 0 Å². The van der Waals surface area contributed by atoms with Gasteiger partial charge >= 0.3 is 0 Å². The van der Waals surface area contributed by atoms with E-state index in [1.54, 1.807) is 18.7 Å². The minimum atomic E-state index is 0.299. The van der Waals surface area contributed by atoms with Crippen LogP contribution in [0.4, 0.5) is 11.6 Å². The standard InChI is InChI=1S/C15H19N5O/c1-2-13(21-7-1)10-18-15-8-14(19-11-20-15)17-9-12-3-5-16-6-4-12/h3-6,8,11,13H,1-2,7,9-10H2,(H2,17,18,19,20). The molecule has 21 heavy (non-hydrogen) atoms. The molecule has 1 saturated heterocycles. The van der Waals surface area contributed by atoms with Gasteiger partial charge in [0.05, 0.1) is 6.10 Å². The topological polar surface area (TPSA) is 72.0 Å². The Labute approximate surface area is 124 Å². The van der Waals surface area contributed by atoms with Crippen LogP contribution in [0.15, 0.2) is 36.9 Å². The molecule has 3 rings (SSSR count). The number of anilines is 2. The van der Waals surface area contributed by atoms with E-state index in [0.717, 1.165) is 43.2 Å². The molecule has 0 amide bonds. The molecule has 1 aliphatic rings. The third-order valence-electron chi connectivity index (χ3n) is 3.42. The number of ether oxygens (including phenoxy) is 1. The SMILES string of the molecule is c1cc(CNc2cc(NCC3CCCO3)ncn2)ccn1. The highest BCUT2D eigenvalue weighted by Gasteiger charge is 2.14. The van der Waals surface area contributed by atoms with Crippen molar-refractivity contribution in [3.8, 4) is 0 Å². The van der Waals surface area contributed by atoms with E-state index in [2.05, 4.69) is 25.6 Å². The highest BCUT2D eigenvalue weighted by atomic mass is 16.5. The molecule has 3 heterocycles. The van der Waals surface area contributed by atoms with Gasteiger partial charge in [0.2, 0.25) is 0 Å². The lowest BCUT2D eigenvalue weighted by Gasteiger charge is -2.12. The third-order valence-corrected chi connectivity index (χ3v) is 3.42. The first-order valence-corrected chi connectivity index (χ1v) is 7.20. The van der Waals surface area contributed by atoms with Gasteiger partial charge in [0, 0.05) is 38.2 Å². The predicted octanol–water partition coefficient (Wildman–Crippen LogP) is 2.07. The Bertz CT molecular complexity index is 557. The number of hydrogen-bond acceptors (Lipinski definition) is 6. The van der Waals surface area contributed by atoms with Crippen molar-refractivity contribution in [1.82, 2.24) is 15.0 Å². The number of hydrogen-bond donors (Lipinski definition) is 2. The summed E-state index contributed by atoms with van der Waals surface area (Å²) in [5, 5.41) is 6.58. The molecule has 6 heteroatoms. The van der Waals surface area contributed by atoms with Crippen LogP contribution in [0.1, 0.15) is 18.4 Å². The second-order valence-electron chi connectivity index (χ2n) is 5.01. The van der Waals surface area contributed by atoms with E-state index in [1.807, 2.05) is 18.2 Å². The average Bonchev–Trinajstić information content (AvgIpc) is 3.06. The Morgan fingerprint density at radius 3 is 2.71 bits per heavy atom. The molecule has 0 aliphatic carbocycles. The van der Waals surface area contributed by atoms with Crippen molar-refractivity contribution >= 4 is 11.6 Å². The summed E-state index contributed by atoms with van der Waals surface area (Å²) in [7, 11) is 0. The van der Waals surface area contributed by atoms with Crippen LogP contribution in [0, 0.1) is 0 Å². The summed E-state index contributed by atoms with van der Waals surface area (Å²) in [4.78, 5) is 12.5. The first-order valence-electron chi connectivity index (χ1n) is 7.20. The minimum absolute atomic E-state index is 0.299. The molecule has 0 radical (unpaired) electrons. The Hall–Kier alpha value is -2.21. The van der Waals surface area contributed by atoms with Gasteiger partial charge in [-0.1, -0.05) is 0 Å². The molecule has 110 valence electrons. The number of nitrogens with zero attached hydrogens (tertiary/aromatic N) is 3. The Kier molecular flexibility index (Phi) is 4.58. The molecule has 0 saturated carbocycles. The van der Waals surface area contributed by atoms with E-state index in [1.165, 1.54) is 0 Å². The van der Waals surface area contributed by atoms with E-state index >= 15 is 0 Å². The lowest BCUT2D eigenvalue weighted by molar-refractivity contribution is 0.120. The molecule has 1 fully saturated rings. The van der Waals surface area contributed by atoms with Gasteiger partial charge in [-0.25, -0.2) is 9.97 Å². The van der Waals surface area contributed by atoms with E-state index in [0.29, 0.717) is 12.6 Å². The fourth-order valence-corrected chi connectivity index (χ4v) is 2.27. The van der Waals surface area contributed by atoms with Crippen LogP contribution < -0.4 is 10.6 Å². The zero-order valence-electron chi connectivity index (χ0n) is 11.8. The van der Waals surface area contributed by atoms with Crippen LogP contribution in [0.5, 0.6) is 0 Å². The maximum absolute atomic E-state index is 5.58. The van der Waals surface area contributed by atoms with Crippen LogP contribution in [0.25, 0.3) is 0 Å². The summed E-state index contributed by atoms with van der Waals surface area (Å²) in [6, 6.07) is 5.87. The molecular weight excluding hydrogens is 266 g/mol. The van der Waals surface area contributed by atoms with Crippen molar-refractivity contribution in [2.45, 2.75) is 25.5 Å². The third kappa shape index (κ3) is 4.13. The van der Waals surface area contributed by atoms with E-state index in [9.17, 15) is 0 Å². The van der Waals surface area contributed by atoms with Crippen molar-refractivity contribution in [2.75, 3.05) is 23.8 Å². The molecule has 2 N–H and O–H groups in total. The Morgan fingerprint density at radius 1 is 1.14 bits per heavy atom. The first kappa shape index (κ1) is 13.8. The maximum atomic E-state index is 5.58. The average molecular weight is 285 g/mol. The summed E-state index contributed by atoms with van der Waals surface area (Å²) in [6.45, 7) is 2.38. The second kappa shape index (κ2) is 6.99. The summed E-state index contributed by atoms with van der Waals surface area (Å²) >= 11 is 0. The van der Waals surface area contributed by atoms with Crippen molar-refractivity contribution in [2.24, 2.45) is 0 Å². The van der Waals surface area contributed by atoms with Gasteiger partial charge in [-0.2, -0.15) is 0 Å². The molecule has 0 aromatic carbocycles. The van der Waals surface area contributed by atoms with Gasteiger partial charge in [-0.05, 0) is 30.5 Å². The normalized spacial score (nSPS) is 17.6. The lowest BCUT2D eigenvalue weighted by atomic mass is 10.2. The van der Waals surface area contributed by atoms with Crippen molar-refractivity contribution < 1.29 is 4.74 Å². The van der Waals surface area contributed by atoms with E-state index in [4.69, 9.17) is 4.74 Å². The molecule has 0 bridgehead atoms. The number of nitrogens with one attached hydrogen (secondary N) is 2. The fraction of sp³-hybridized carbons (Fsp3) is 0.400. The van der Waals surface area contributed by atoms with Crippen molar-refractivity contribution in [3.63, 3.8) is 0 Å². The molecule has 0 spiro atoms. The van der Waals surface area contributed by atoms with Gasteiger partial charge < -0.3 is 15.4 Å². The van der Waals surface area contributed by atoms with Gasteiger partial charge in [0.1, 0.15) is 18.0 Å². The molecule has 2 aromatic rings. The molecule has 1 unspecified atom stereocenters. The lowest BCUT2D eigenvalue weighted by Crippen LogP contribution is -2.19. The molecular formula is C15H19N5O. The van der Waals surface area contributed by atoms with Crippen molar-refractivity contribution in [3.05, 3.63) is 42.5 Å². The molecule has 1 atom stereocenters. The van der Waals surface area contributed by atoms with Crippen LogP contribution in [-0.2, 0) is 11.3 Å². The summed E-state index contributed by atoms with van der Waals surface area (Å²) in [6.07, 6.45) is 7.69. The predicted molar refractivity (Wildman–Crippen MR) is 81.1 cm³/mol. The van der Waals surface area contributed by atoms with Gasteiger partial charge in [0.15, 0.2) is 0 Å². The van der Waals surface area contributed by atoms with Crippen molar-refractivity contribution in [1.29, 1.82) is 0 Å². The van der Waals surface area contributed by atoms with Crippen LogP contribution >= 0.6 is 0 Å². The fourth-order valence-electron chi connectivity index (χ4n) is 2.27. The maximum Gasteiger partial charge on any atom is 0.131 e. The Balaban J connectivity index is 1.52. The number of rotatable bonds is 6. The largest absolute Gasteiger partial charge is 0.376 e. The molecule has 1 aliphatic heterocycles. The summed E-state index contributed by atoms with van der Waals surface area (Å²) in [5.74, 6) is 1.62. The second-order valence-corrected chi connectivity index (χ2v) is 5.01. The summed E-state index contributed by atoms with van der Waals surface area (Å²) < 4.78 is 5.58. The minimum Gasteiger partial charge on any atom is -0.376 e. The van der Waals surface area contributed by atoms with Gasteiger partial charge in [-0.3, -0.25) is 4.98 Å². The van der Waals surface area contributed by atoms with E-state index < -0.39 is 0 Å². The zero-order chi connectivity index (χ0) is 14.3. The monoisotopic (exact) mass is 285 g/mol. The molecule has 6 nitrogen and oxygen atoms in total.